The van der Waals surface area contributed by atoms with Gasteiger partial charge in [0, 0.05) is 20.1 Å². The number of benzene rings is 2. The summed E-state index contributed by atoms with van der Waals surface area (Å²) in [6.45, 7) is 6.84. The first kappa shape index (κ1) is 14.6. The van der Waals surface area contributed by atoms with E-state index in [1.807, 2.05) is 18.2 Å². The molecule has 100 valence electrons. The Morgan fingerprint density at radius 1 is 0.842 bits per heavy atom. The van der Waals surface area contributed by atoms with E-state index >= 15 is 0 Å². The predicted molar refractivity (Wildman–Crippen MR) is 86.8 cm³/mol. The topological polar surface area (TPSA) is 9.23 Å². The van der Waals surface area contributed by atoms with Crippen molar-refractivity contribution in [1.29, 1.82) is 0 Å². The van der Waals surface area contributed by atoms with Crippen LogP contribution in [0.3, 0.4) is 0 Å². The van der Waals surface area contributed by atoms with Gasteiger partial charge in [0.05, 0.1) is 0 Å². The Kier molecular flexibility index (Phi) is 4.69. The zero-order valence-electron chi connectivity index (χ0n) is 11.3. The molecular formula is C16H16Br2O. The van der Waals surface area contributed by atoms with E-state index in [2.05, 4.69) is 64.8 Å². The van der Waals surface area contributed by atoms with Gasteiger partial charge in [0.15, 0.2) is 0 Å². The van der Waals surface area contributed by atoms with E-state index < -0.39 is 0 Å². The predicted octanol–water partition coefficient (Wildman–Crippen LogP) is 5.72. The third kappa shape index (κ3) is 3.03. The van der Waals surface area contributed by atoms with E-state index in [9.17, 15) is 0 Å². The fraction of sp³-hybridized carbons (Fsp3) is 0.250. The van der Waals surface area contributed by atoms with E-state index in [1.54, 1.807) is 0 Å². The maximum atomic E-state index is 6.01. The van der Waals surface area contributed by atoms with Crippen molar-refractivity contribution in [2.75, 3.05) is 0 Å². The van der Waals surface area contributed by atoms with Gasteiger partial charge in [0.25, 0.3) is 0 Å². The highest BCUT2D eigenvalue weighted by Crippen LogP contribution is 2.39. The molecule has 0 aromatic heterocycles. The fourth-order valence-corrected chi connectivity index (χ4v) is 3.11. The zero-order valence-corrected chi connectivity index (χ0v) is 14.4. The Balaban J connectivity index is 2.31. The van der Waals surface area contributed by atoms with Gasteiger partial charge in [0.1, 0.15) is 12.4 Å². The Morgan fingerprint density at radius 2 is 1.37 bits per heavy atom. The second kappa shape index (κ2) is 6.10. The standard InChI is InChI=1S/C16H16Br2O/c1-10-14(17)11(2)16(12(3)15(10)18)19-9-13-7-5-4-6-8-13/h4-8H,9H2,1-3H3. The maximum Gasteiger partial charge on any atom is 0.127 e. The molecule has 0 aliphatic carbocycles. The van der Waals surface area contributed by atoms with Crippen molar-refractivity contribution in [2.45, 2.75) is 27.4 Å². The summed E-state index contributed by atoms with van der Waals surface area (Å²) in [6.07, 6.45) is 0. The monoisotopic (exact) mass is 382 g/mol. The SMILES string of the molecule is Cc1c(Br)c(C)c(OCc2ccccc2)c(C)c1Br. The number of halogens is 2. The number of hydrogen-bond donors (Lipinski definition) is 0. The first-order chi connectivity index (χ1) is 9.02. The summed E-state index contributed by atoms with van der Waals surface area (Å²) in [5.41, 5.74) is 4.68. The highest BCUT2D eigenvalue weighted by Gasteiger charge is 2.15. The van der Waals surface area contributed by atoms with Crippen molar-refractivity contribution in [1.82, 2.24) is 0 Å². The molecule has 0 spiro atoms. The quantitative estimate of drug-likeness (QED) is 0.658. The summed E-state index contributed by atoms with van der Waals surface area (Å²) in [5.74, 6) is 0.952. The van der Waals surface area contributed by atoms with Crippen molar-refractivity contribution in [3.05, 3.63) is 61.5 Å². The molecule has 0 bridgehead atoms. The van der Waals surface area contributed by atoms with E-state index in [-0.39, 0.29) is 0 Å². The molecule has 19 heavy (non-hydrogen) atoms. The zero-order chi connectivity index (χ0) is 14.0. The Hall–Kier alpha value is -0.800. The van der Waals surface area contributed by atoms with Crippen LogP contribution in [0.1, 0.15) is 22.3 Å². The van der Waals surface area contributed by atoms with E-state index in [0.717, 1.165) is 25.8 Å². The number of rotatable bonds is 3. The second-order valence-corrected chi connectivity index (χ2v) is 6.19. The van der Waals surface area contributed by atoms with Crippen molar-refractivity contribution < 1.29 is 4.74 Å². The highest BCUT2D eigenvalue weighted by atomic mass is 79.9. The number of hydrogen-bond acceptors (Lipinski definition) is 1. The molecule has 2 aromatic carbocycles. The van der Waals surface area contributed by atoms with Gasteiger partial charge in [-0.05, 0) is 31.9 Å². The second-order valence-electron chi connectivity index (χ2n) is 4.61. The molecular weight excluding hydrogens is 368 g/mol. The van der Waals surface area contributed by atoms with E-state index in [1.165, 1.54) is 11.1 Å². The van der Waals surface area contributed by atoms with Crippen molar-refractivity contribution in [3.8, 4) is 5.75 Å². The highest BCUT2D eigenvalue weighted by molar-refractivity contribution is 9.11. The van der Waals surface area contributed by atoms with Crippen LogP contribution in [0.2, 0.25) is 0 Å². The lowest BCUT2D eigenvalue weighted by Gasteiger charge is -2.17. The largest absolute Gasteiger partial charge is 0.488 e. The van der Waals surface area contributed by atoms with Crippen molar-refractivity contribution in [3.63, 3.8) is 0 Å². The van der Waals surface area contributed by atoms with Gasteiger partial charge in [-0.1, -0.05) is 62.2 Å². The third-order valence-electron chi connectivity index (χ3n) is 3.22. The molecule has 0 fully saturated rings. The van der Waals surface area contributed by atoms with Crippen LogP contribution in [0.4, 0.5) is 0 Å². The van der Waals surface area contributed by atoms with Gasteiger partial charge in [-0.15, -0.1) is 0 Å². The molecule has 0 heterocycles. The summed E-state index contributed by atoms with van der Waals surface area (Å²) >= 11 is 7.26. The number of ether oxygens (including phenoxy) is 1. The normalized spacial score (nSPS) is 10.6. The van der Waals surface area contributed by atoms with Gasteiger partial charge in [0.2, 0.25) is 0 Å². The molecule has 0 radical (unpaired) electrons. The lowest BCUT2D eigenvalue weighted by atomic mass is 10.1. The van der Waals surface area contributed by atoms with Crippen LogP contribution in [0.15, 0.2) is 39.3 Å². The lowest BCUT2D eigenvalue weighted by molar-refractivity contribution is 0.301. The van der Waals surface area contributed by atoms with E-state index in [0.29, 0.717) is 6.61 Å². The molecule has 0 saturated heterocycles. The molecule has 0 amide bonds. The summed E-state index contributed by atoms with van der Waals surface area (Å²) in [5, 5.41) is 0. The first-order valence-electron chi connectivity index (χ1n) is 6.14. The molecule has 1 nitrogen and oxygen atoms in total. The molecule has 3 heteroatoms. The molecule has 0 atom stereocenters. The minimum absolute atomic E-state index is 0.588. The molecule has 0 aliphatic rings. The van der Waals surface area contributed by atoms with Crippen molar-refractivity contribution >= 4 is 31.9 Å². The summed E-state index contributed by atoms with van der Waals surface area (Å²) < 4.78 is 8.22. The van der Waals surface area contributed by atoms with Gasteiger partial charge in [-0.25, -0.2) is 0 Å². The Labute approximate surface area is 131 Å². The van der Waals surface area contributed by atoms with Crippen LogP contribution in [0.5, 0.6) is 5.75 Å². The maximum absolute atomic E-state index is 6.01. The molecule has 2 rings (SSSR count). The fourth-order valence-electron chi connectivity index (χ4n) is 2.09. The van der Waals surface area contributed by atoms with Gasteiger partial charge in [-0.3, -0.25) is 0 Å². The summed E-state index contributed by atoms with van der Waals surface area (Å²) in [7, 11) is 0. The minimum atomic E-state index is 0.588. The molecule has 0 aliphatic heterocycles. The van der Waals surface area contributed by atoms with Gasteiger partial charge >= 0.3 is 0 Å². The van der Waals surface area contributed by atoms with Gasteiger partial charge < -0.3 is 4.74 Å². The lowest BCUT2D eigenvalue weighted by Crippen LogP contribution is -2.01. The van der Waals surface area contributed by atoms with E-state index in [4.69, 9.17) is 4.74 Å². The van der Waals surface area contributed by atoms with Crippen LogP contribution >= 0.6 is 31.9 Å². The Morgan fingerprint density at radius 3 is 1.89 bits per heavy atom. The summed E-state index contributed by atoms with van der Waals surface area (Å²) in [6, 6.07) is 10.2. The van der Waals surface area contributed by atoms with Crippen LogP contribution < -0.4 is 4.74 Å². The average Bonchev–Trinajstić information content (AvgIpc) is 2.44. The first-order valence-corrected chi connectivity index (χ1v) is 7.72. The molecule has 0 saturated carbocycles. The van der Waals surface area contributed by atoms with Crippen LogP contribution in [0, 0.1) is 20.8 Å². The van der Waals surface area contributed by atoms with Crippen LogP contribution in [0.25, 0.3) is 0 Å². The molecule has 0 N–H and O–H groups in total. The van der Waals surface area contributed by atoms with Crippen LogP contribution in [-0.2, 0) is 6.61 Å². The summed E-state index contributed by atoms with van der Waals surface area (Å²) in [4.78, 5) is 0. The van der Waals surface area contributed by atoms with Gasteiger partial charge in [-0.2, -0.15) is 0 Å². The van der Waals surface area contributed by atoms with Crippen LogP contribution in [-0.4, -0.2) is 0 Å². The minimum Gasteiger partial charge on any atom is -0.488 e. The average molecular weight is 384 g/mol. The smallest absolute Gasteiger partial charge is 0.127 e. The van der Waals surface area contributed by atoms with Crippen molar-refractivity contribution in [2.24, 2.45) is 0 Å². The third-order valence-corrected chi connectivity index (χ3v) is 5.60. The molecule has 0 unspecified atom stereocenters. The Bertz CT molecular complexity index is 562. The molecule has 2 aromatic rings.